The first-order chi connectivity index (χ1) is 7.90. The molecular weight excluding hydrogens is 212 g/mol. The zero-order valence-electron chi connectivity index (χ0n) is 11.3. The molecule has 0 fully saturated rings. The topological polar surface area (TPSA) is 34.1 Å². The largest absolute Gasteiger partial charge is 0.289 e. The van der Waals surface area contributed by atoms with E-state index in [1.807, 2.05) is 19.9 Å². The first kappa shape index (κ1) is 13.6. The molecule has 0 aromatic heterocycles. The summed E-state index contributed by atoms with van der Waals surface area (Å²) in [5, 5.41) is 0. The molecule has 0 amide bonds. The minimum absolute atomic E-state index is 0.0234. The van der Waals surface area contributed by atoms with Crippen LogP contribution in [0.2, 0.25) is 0 Å². The fourth-order valence-electron chi connectivity index (χ4n) is 1.92. The Bertz CT molecular complexity index is 459. The number of rotatable bonds is 3. The van der Waals surface area contributed by atoms with Gasteiger partial charge in [-0.15, -0.1) is 0 Å². The summed E-state index contributed by atoms with van der Waals surface area (Å²) in [6.45, 7) is 9.26. The highest BCUT2D eigenvalue weighted by Gasteiger charge is 2.27. The van der Waals surface area contributed by atoms with Crippen molar-refractivity contribution < 1.29 is 9.59 Å². The van der Waals surface area contributed by atoms with Crippen LogP contribution in [-0.2, 0) is 9.59 Å². The fourth-order valence-corrected chi connectivity index (χ4v) is 1.92. The van der Waals surface area contributed by atoms with Gasteiger partial charge in [0, 0.05) is 22.3 Å². The average molecular weight is 232 g/mol. The number of Topliss-reactive ketones (excluding diaryl/α,β-unsaturated/α-hetero) is 2. The van der Waals surface area contributed by atoms with Crippen LogP contribution < -0.4 is 0 Å². The number of ketones is 2. The second kappa shape index (κ2) is 5.26. The predicted octanol–water partition coefficient (Wildman–Crippen LogP) is 3.54. The number of carbonyl (C=O) groups excluding carboxylic acids is 2. The smallest absolute Gasteiger partial charge is 0.185 e. The summed E-state index contributed by atoms with van der Waals surface area (Å²) in [5.74, 6) is 0.0683. The van der Waals surface area contributed by atoms with Crippen LogP contribution in [0, 0.1) is 0 Å². The molecule has 0 aliphatic heterocycles. The lowest BCUT2D eigenvalue weighted by Gasteiger charge is -2.18. The van der Waals surface area contributed by atoms with Gasteiger partial charge in [0.05, 0.1) is 0 Å². The Morgan fingerprint density at radius 2 is 1.53 bits per heavy atom. The second-order valence-electron chi connectivity index (χ2n) is 4.65. The molecule has 0 unspecified atom stereocenters. The molecule has 0 radical (unpaired) electrons. The minimum atomic E-state index is 0.0234. The van der Waals surface area contributed by atoms with Gasteiger partial charge in [-0.05, 0) is 47.5 Å². The highest BCUT2D eigenvalue weighted by molar-refractivity contribution is 6.24. The summed E-state index contributed by atoms with van der Waals surface area (Å²) >= 11 is 0. The van der Waals surface area contributed by atoms with Crippen molar-refractivity contribution in [3.05, 3.63) is 33.9 Å². The number of hydrogen-bond acceptors (Lipinski definition) is 2. The van der Waals surface area contributed by atoms with E-state index in [1.54, 1.807) is 20.8 Å². The van der Waals surface area contributed by atoms with Crippen LogP contribution in [0.4, 0.5) is 0 Å². The molecule has 1 rings (SSSR count). The normalized spacial score (nSPS) is 18.3. The van der Waals surface area contributed by atoms with Crippen LogP contribution >= 0.6 is 0 Å². The Labute approximate surface area is 103 Å². The molecule has 92 valence electrons. The Hall–Kier alpha value is -1.44. The van der Waals surface area contributed by atoms with Gasteiger partial charge < -0.3 is 0 Å². The lowest BCUT2D eigenvalue weighted by Crippen LogP contribution is -2.20. The predicted molar refractivity (Wildman–Crippen MR) is 69.8 cm³/mol. The van der Waals surface area contributed by atoms with Crippen LogP contribution in [-0.4, -0.2) is 11.6 Å². The zero-order valence-corrected chi connectivity index (χ0v) is 11.3. The molecule has 0 N–H and O–H groups in total. The minimum Gasteiger partial charge on any atom is -0.289 e. The first-order valence-corrected chi connectivity index (χ1v) is 5.98. The molecule has 0 bridgehead atoms. The standard InChI is InChI=1S/C15H20O2/c1-6-9(2)7-8-13-12(5)14(16)10(3)11(4)15(13)17/h6H,7-8H2,1-5H3/b9-6+. The van der Waals surface area contributed by atoms with E-state index in [-0.39, 0.29) is 11.6 Å². The third kappa shape index (κ3) is 2.63. The number of hydrogen-bond donors (Lipinski definition) is 0. The molecule has 0 heterocycles. The van der Waals surface area contributed by atoms with E-state index in [0.29, 0.717) is 28.7 Å². The summed E-state index contributed by atoms with van der Waals surface area (Å²) in [5.41, 5.74) is 3.77. The van der Waals surface area contributed by atoms with E-state index in [1.165, 1.54) is 5.57 Å². The molecule has 0 saturated carbocycles. The van der Waals surface area contributed by atoms with Crippen molar-refractivity contribution in [3.8, 4) is 0 Å². The van der Waals surface area contributed by atoms with Crippen molar-refractivity contribution in [1.29, 1.82) is 0 Å². The van der Waals surface area contributed by atoms with E-state index in [9.17, 15) is 9.59 Å². The maximum absolute atomic E-state index is 12.1. The zero-order chi connectivity index (χ0) is 13.2. The quantitative estimate of drug-likeness (QED) is 0.551. The van der Waals surface area contributed by atoms with Gasteiger partial charge >= 0.3 is 0 Å². The maximum atomic E-state index is 12.1. The molecule has 0 spiro atoms. The highest BCUT2D eigenvalue weighted by Crippen LogP contribution is 2.27. The van der Waals surface area contributed by atoms with Crippen LogP contribution in [0.1, 0.15) is 47.5 Å². The molecule has 0 atom stereocenters. The second-order valence-corrected chi connectivity index (χ2v) is 4.65. The van der Waals surface area contributed by atoms with Crippen LogP contribution in [0.15, 0.2) is 33.9 Å². The Kier molecular flexibility index (Phi) is 4.22. The lowest BCUT2D eigenvalue weighted by atomic mass is 9.83. The highest BCUT2D eigenvalue weighted by atomic mass is 16.1. The van der Waals surface area contributed by atoms with Crippen molar-refractivity contribution >= 4 is 11.6 Å². The average Bonchev–Trinajstić information content (AvgIpc) is 2.33. The lowest BCUT2D eigenvalue weighted by molar-refractivity contribution is -0.116. The first-order valence-electron chi connectivity index (χ1n) is 5.98. The van der Waals surface area contributed by atoms with E-state index in [2.05, 4.69) is 0 Å². The number of carbonyl (C=O) groups is 2. The van der Waals surface area contributed by atoms with Crippen LogP contribution in [0.3, 0.4) is 0 Å². The van der Waals surface area contributed by atoms with Crippen molar-refractivity contribution in [3.63, 3.8) is 0 Å². The molecule has 1 aliphatic carbocycles. The third-order valence-corrected chi connectivity index (χ3v) is 3.57. The van der Waals surface area contributed by atoms with Gasteiger partial charge in [0.2, 0.25) is 0 Å². The van der Waals surface area contributed by atoms with Crippen LogP contribution in [0.25, 0.3) is 0 Å². The summed E-state index contributed by atoms with van der Waals surface area (Å²) in [7, 11) is 0. The van der Waals surface area contributed by atoms with Crippen molar-refractivity contribution in [1.82, 2.24) is 0 Å². The molecule has 0 aromatic rings. The van der Waals surface area contributed by atoms with Gasteiger partial charge in [0.25, 0.3) is 0 Å². The van der Waals surface area contributed by atoms with Crippen molar-refractivity contribution in [2.75, 3.05) is 0 Å². The Balaban J connectivity index is 2.99. The van der Waals surface area contributed by atoms with Crippen molar-refractivity contribution in [2.24, 2.45) is 0 Å². The van der Waals surface area contributed by atoms with E-state index in [4.69, 9.17) is 0 Å². The molecule has 0 saturated heterocycles. The van der Waals surface area contributed by atoms with E-state index in [0.717, 1.165) is 6.42 Å². The summed E-state index contributed by atoms with van der Waals surface area (Å²) in [4.78, 5) is 24.0. The van der Waals surface area contributed by atoms with E-state index < -0.39 is 0 Å². The van der Waals surface area contributed by atoms with Gasteiger partial charge in [-0.3, -0.25) is 9.59 Å². The molecular formula is C15H20O2. The number of allylic oxidation sites excluding steroid dienone is 6. The van der Waals surface area contributed by atoms with Gasteiger partial charge in [0.15, 0.2) is 11.6 Å². The van der Waals surface area contributed by atoms with Gasteiger partial charge in [-0.2, -0.15) is 0 Å². The SMILES string of the molecule is C/C=C(\C)CCC1=C(C)C(=O)C(C)=C(C)C1=O. The summed E-state index contributed by atoms with van der Waals surface area (Å²) < 4.78 is 0. The van der Waals surface area contributed by atoms with Crippen molar-refractivity contribution in [2.45, 2.75) is 47.5 Å². The van der Waals surface area contributed by atoms with Gasteiger partial charge in [0.1, 0.15) is 0 Å². The molecule has 17 heavy (non-hydrogen) atoms. The molecule has 0 aromatic carbocycles. The third-order valence-electron chi connectivity index (χ3n) is 3.57. The monoisotopic (exact) mass is 232 g/mol. The molecule has 1 aliphatic rings. The maximum Gasteiger partial charge on any atom is 0.185 e. The Morgan fingerprint density at radius 1 is 1.00 bits per heavy atom. The van der Waals surface area contributed by atoms with E-state index >= 15 is 0 Å². The summed E-state index contributed by atoms with van der Waals surface area (Å²) in [6.07, 6.45) is 3.55. The molecule has 2 heteroatoms. The fraction of sp³-hybridized carbons (Fsp3) is 0.467. The Morgan fingerprint density at radius 3 is 2.06 bits per heavy atom. The van der Waals surface area contributed by atoms with Gasteiger partial charge in [-0.25, -0.2) is 0 Å². The van der Waals surface area contributed by atoms with Crippen LogP contribution in [0.5, 0.6) is 0 Å². The van der Waals surface area contributed by atoms with Gasteiger partial charge in [-0.1, -0.05) is 11.6 Å². The molecule has 2 nitrogen and oxygen atoms in total. The summed E-state index contributed by atoms with van der Waals surface area (Å²) in [6, 6.07) is 0.